The quantitative estimate of drug-likeness (QED) is 0.799. The minimum Gasteiger partial charge on any atom is -0.450 e. The first-order chi connectivity index (χ1) is 12.9. The highest BCUT2D eigenvalue weighted by Gasteiger charge is 2.39. The first kappa shape index (κ1) is 20.2. The number of hydrogen-bond donors (Lipinski definition) is 0. The van der Waals surface area contributed by atoms with Gasteiger partial charge in [0, 0.05) is 32.2 Å². The molecule has 1 aromatic rings. The Balaban J connectivity index is 1.68. The molecule has 0 saturated carbocycles. The molecule has 2 heterocycles. The highest BCUT2D eigenvalue weighted by atomic mass is 16.6. The van der Waals surface area contributed by atoms with Gasteiger partial charge in [-0.15, -0.1) is 0 Å². The Hall–Kier alpha value is -1.59. The van der Waals surface area contributed by atoms with Crippen LogP contribution in [0.1, 0.15) is 52.2 Å². The number of ether oxygens (including phenoxy) is 2. The Morgan fingerprint density at radius 1 is 1.15 bits per heavy atom. The second kappa shape index (κ2) is 8.61. The normalized spacial score (nSPS) is 25.4. The molecule has 2 atom stereocenters. The summed E-state index contributed by atoms with van der Waals surface area (Å²) in [6, 6.07) is 11.0. The third-order valence-corrected chi connectivity index (χ3v) is 5.77. The van der Waals surface area contributed by atoms with Gasteiger partial charge in [0.25, 0.3) is 0 Å². The summed E-state index contributed by atoms with van der Waals surface area (Å²) in [5, 5.41) is 0. The van der Waals surface area contributed by atoms with Gasteiger partial charge < -0.3 is 14.4 Å². The number of piperidine rings is 1. The lowest BCUT2D eigenvalue weighted by atomic mass is 9.86. The maximum atomic E-state index is 12.0. The fourth-order valence-electron chi connectivity index (χ4n) is 4.04. The Bertz CT molecular complexity index is 606. The van der Waals surface area contributed by atoms with Gasteiger partial charge in [-0.25, -0.2) is 4.79 Å². The van der Waals surface area contributed by atoms with E-state index in [4.69, 9.17) is 9.47 Å². The number of hydrogen-bond acceptors (Lipinski definition) is 4. The molecule has 0 aliphatic carbocycles. The van der Waals surface area contributed by atoms with E-state index in [1.807, 2.05) is 11.8 Å². The van der Waals surface area contributed by atoms with Gasteiger partial charge in [0.05, 0.1) is 18.8 Å². The van der Waals surface area contributed by atoms with Crippen LogP contribution in [-0.2, 0) is 9.47 Å². The van der Waals surface area contributed by atoms with Crippen molar-refractivity contribution in [3.8, 4) is 0 Å². The van der Waals surface area contributed by atoms with Crippen molar-refractivity contribution in [2.24, 2.45) is 5.41 Å². The summed E-state index contributed by atoms with van der Waals surface area (Å²) < 4.78 is 11.7. The van der Waals surface area contributed by atoms with Crippen molar-refractivity contribution >= 4 is 6.09 Å². The number of carbonyl (C=O) groups is 1. The molecule has 2 saturated heterocycles. The van der Waals surface area contributed by atoms with Crippen molar-refractivity contribution in [1.29, 1.82) is 0 Å². The maximum Gasteiger partial charge on any atom is 0.409 e. The molecule has 150 valence electrons. The molecular weight excluding hydrogens is 340 g/mol. The smallest absolute Gasteiger partial charge is 0.409 e. The third-order valence-electron chi connectivity index (χ3n) is 5.77. The number of likely N-dealkylation sites (tertiary alicyclic amines) is 1. The molecule has 0 radical (unpaired) electrons. The van der Waals surface area contributed by atoms with Crippen LogP contribution in [0, 0.1) is 5.41 Å². The molecule has 0 unspecified atom stereocenters. The Kier molecular flexibility index (Phi) is 6.43. The largest absolute Gasteiger partial charge is 0.450 e. The molecule has 3 rings (SSSR count). The van der Waals surface area contributed by atoms with Gasteiger partial charge >= 0.3 is 6.09 Å². The topological polar surface area (TPSA) is 42.0 Å². The van der Waals surface area contributed by atoms with Crippen molar-refractivity contribution in [2.75, 3.05) is 32.8 Å². The van der Waals surface area contributed by atoms with Crippen molar-refractivity contribution in [2.45, 2.75) is 58.8 Å². The van der Waals surface area contributed by atoms with Crippen LogP contribution >= 0.6 is 0 Å². The predicted octanol–water partition coefficient (Wildman–Crippen LogP) is 4.10. The fraction of sp³-hybridized carbons (Fsp3) is 0.682. The summed E-state index contributed by atoms with van der Waals surface area (Å²) in [4.78, 5) is 16.4. The van der Waals surface area contributed by atoms with Gasteiger partial charge in [-0.1, -0.05) is 51.1 Å². The Morgan fingerprint density at radius 2 is 1.81 bits per heavy atom. The van der Waals surface area contributed by atoms with Crippen LogP contribution in [0.25, 0.3) is 0 Å². The van der Waals surface area contributed by atoms with Gasteiger partial charge in [0.1, 0.15) is 0 Å². The van der Waals surface area contributed by atoms with E-state index in [0.717, 1.165) is 39.0 Å². The third kappa shape index (κ3) is 5.02. The van der Waals surface area contributed by atoms with Crippen LogP contribution < -0.4 is 0 Å². The number of carbonyl (C=O) groups excluding carboxylic acids is 1. The maximum absolute atomic E-state index is 12.0. The minimum atomic E-state index is -0.173. The molecule has 27 heavy (non-hydrogen) atoms. The minimum absolute atomic E-state index is 0.0946. The molecular formula is C22H34N2O3. The molecule has 2 aliphatic rings. The summed E-state index contributed by atoms with van der Waals surface area (Å²) >= 11 is 0. The van der Waals surface area contributed by atoms with Gasteiger partial charge in [-0.2, -0.15) is 0 Å². The Morgan fingerprint density at radius 3 is 2.41 bits per heavy atom. The van der Waals surface area contributed by atoms with Crippen LogP contribution in [0.2, 0.25) is 0 Å². The van der Waals surface area contributed by atoms with E-state index >= 15 is 0 Å². The van der Waals surface area contributed by atoms with Gasteiger partial charge in [0.15, 0.2) is 0 Å². The van der Waals surface area contributed by atoms with Crippen LogP contribution in [0.15, 0.2) is 30.3 Å². The summed E-state index contributed by atoms with van der Waals surface area (Å²) in [6.45, 7) is 12.5. The Labute approximate surface area is 163 Å². The summed E-state index contributed by atoms with van der Waals surface area (Å²) in [5.41, 5.74) is 1.34. The average molecular weight is 375 g/mol. The first-order valence-corrected chi connectivity index (χ1v) is 10.2. The van der Waals surface area contributed by atoms with Crippen LogP contribution in [0.4, 0.5) is 4.79 Å². The van der Waals surface area contributed by atoms with E-state index in [0.29, 0.717) is 12.6 Å². The monoisotopic (exact) mass is 374 g/mol. The molecule has 0 spiro atoms. The lowest BCUT2D eigenvalue weighted by Crippen LogP contribution is -2.55. The molecule has 5 nitrogen and oxygen atoms in total. The molecule has 1 amide bonds. The van der Waals surface area contributed by atoms with E-state index in [-0.39, 0.29) is 23.7 Å². The van der Waals surface area contributed by atoms with E-state index in [2.05, 4.69) is 56.0 Å². The second-order valence-corrected chi connectivity index (χ2v) is 8.76. The summed E-state index contributed by atoms with van der Waals surface area (Å²) in [5.74, 6) is 0. The zero-order valence-corrected chi connectivity index (χ0v) is 17.2. The molecule has 5 heteroatoms. The van der Waals surface area contributed by atoms with Gasteiger partial charge in [-0.3, -0.25) is 4.90 Å². The molecule has 0 aromatic heterocycles. The lowest BCUT2D eigenvalue weighted by Gasteiger charge is -2.47. The first-order valence-electron chi connectivity index (χ1n) is 10.2. The molecule has 2 fully saturated rings. The number of rotatable bonds is 3. The van der Waals surface area contributed by atoms with Crippen LogP contribution in [0.5, 0.6) is 0 Å². The van der Waals surface area contributed by atoms with Crippen LogP contribution in [-0.4, -0.2) is 60.8 Å². The fourth-order valence-corrected chi connectivity index (χ4v) is 4.04. The van der Waals surface area contributed by atoms with Crippen molar-refractivity contribution < 1.29 is 14.3 Å². The lowest BCUT2D eigenvalue weighted by molar-refractivity contribution is -0.140. The number of benzene rings is 1. The molecule has 2 aliphatic heterocycles. The van der Waals surface area contributed by atoms with E-state index in [1.54, 1.807) is 0 Å². The standard InChI is InChI=1S/C22H34N2O3/c1-5-26-21(25)23-13-11-18(12-14-23)24-15-19(17-9-7-6-8-10-17)27-20(16-24)22(2,3)4/h6-10,18-20H,5,11-16H2,1-4H3/t19-,20+/m0/s1. The van der Waals surface area contributed by atoms with E-state index in [1.165, 1.54) is 5.56 Å². The van der Waals surface area contributed by atoms with Crippen molar-refractivity contribution in [3.63, 3.8) is 0 Å². The number of nitrogens with zero attached hydrogens (tertiary/aromatic N) is 2. The van der Waals surface area contributed by atoms with Crippen LogP contribution in [0.3, 0.4) is 0 Å². The second-order valence-electron chi connectivity index (χ2n) is 8.76. The van der Waals surface area contributed by atoms with E-state index in [9.17, 15) is 4.79 Å². The van der Waals surface area contributed by atoms with Gasteiger partial charge in [0.2, 0.25) is 0 Å². The highest BCUT2D eigenvalue weighted by molar-refractivity contribution is 5.67. The number of morpholine rings is 1. The van der Waals surface area contributed by atoms with Gasteiger partial charge in [-0.05, 0) is 30.7 Å². The average Bonchev–Trinajstić information content (AvgIpc) is 2.68. The number of amides is 1. The zero-order valence-electron chi connectivity index (χ0n) is 17.2. The molecule has 1 aromatic carbocycles. The SMILES string of the molecule is CCOC(=O)N1CCC(N2C[C@@H](c3ccccc3)O[C@@H](C(C)(C)C)C2)CC1. The highest BCUT2D eigenvalue weighted by Crippen LogP contribution is 2.35. The van der Waals surface area contributed by atoms with Crippen molar-refractivity contribution in [1.82, 2.24) is 9.80 Å². The van der Waals surface area contributed by atoms with E-state index < -0.39 is 0 Å². The molecule has 0 bridgehead atoms. The molecule has 0 N–H and O–H groups in total. The summed E-state index contributed by atoms with van der Waals surface area (Å²) in [6.07, 6.45) is 2.12. The van der Waals surface area contributed by atoms with Crippen molar-refractivity contribution in [3.05, 3.63) is 35.9 Å². The zero-order chi connectivity index (χ0) is 19.4. The predicted molar refractivity (Wildman–Crippen MR) is 107 cm³/mol. The summed E-state index contributed by atoms with van der Waals surface area (Å²) in [7, 11) is 0.